The van der Waals surface area contributed by atoms with Crippen LogP contribution in [0.5, 0.6) is 0 Å². The molecule has 1 unspecified atom stereocenters. The summed E-state index contributed by atoms with van der Waals surface area (Å²) in [6.07, 6.45) is 2.52. The Balaban J connectivity index is 2.90. The van der Waals surface area contributed by atoms with Crippen molar-refractivity contribution in [1.82, 2.24) is 0 Å². The average molecular weight is 335 g/mol. The number of hydrogen-bond acceptors (Lipinski definition) is 5. The fraction of sp³-hybridized carbons (Fsp3) is 0.455. The number of benzene rings is 1. The molecule has 0 aliphatic rings. The molecule has 5 nitrogen and oxygen atoms in total. The quantitative estimate of drug-likeness (QED) is 0.592. The van der Waals surface area contributed by atoms with Crippen molar-refractivity contribution in [2.24, 2.45) is 0 Å². The van der Waals surface area contributed by atoms with E-state index in [9.17, 15) is 10.1 Å². The van der Waals surface area contributed by atoms with Crippen LogP contribution in [0, 0.1) is 10.1 Å². The van der Waals surface area contributed by atoms with Crippen molar-refractivity contribution >= 4 is 39.1 Å². The van der Waals surface area contributed by atoms with Crippen LogP contribution >= 0.6 is 27.7 Å². The largest absolute Gasteiger partial charge is 0.396 e. The van der Waals surface area contributed by atoms with Crippen LogP contribution in [0.15, 0.2) is 22.7 Å². The molecule has 0 aromatic heterocycles. The van der Waals surface area contributed by atoms with Crippen molar-refractivity contribution in [2.75, 3.05) is 23.9 Å². The highest BCUT2D eigenvalue weighted by Crippen LogP contribution is 2.29. The molecule has 0 saturated carbocycles. The van der Waals surface area contributed by atoms with E-state index in [2.05, 4.69) is 21.2 Å². The molecule has 100 valence electrons. The Morgan fingerprint density at radius 1 is 1.61 bits per heavy atom. The normalized spacial score (nSPS) is 12.2. The molecule has 1 aromatic carbocycles. The van der Waals surface area contributed by atoms with E-state index in [1.165, 1.54) is 6.07 Å². The van der Waals surface area contributed by atoms with Crippen molar-refractivity contribution in [3.05, 3.63) is 32.8 Å². The monoisotopic (exact) mass is 334 g/mol. The van der Waals surface area contributed by atoms with Gasteiger partial charge in [0.2, 0.25) is 0 Å². The zero-order chi connectivity index (χ0) is 13.5. The molecule has 0 aliphatic carbocycles. The number of hydrogen-bond donors (Lipinski definition) is 2. The van der Waals surface area contributed by atoms with Gasteiger partial charge < -0.3 is 10.4 Å². The van der Waals surface area contributed by atoms with Crippen LogP contribution in [0.1, 0.15) is 6.42 Å². The van der Waals surface area contributed by atoms with Crippen LogP contribution in [0.3, 0.4) is 0 Å². The van der Waals surface area contributed by atoms with E-state index >= 15 is 0 Å². The van der Waals surface area contributed by atoms with E-state index in [0.29, 0.717) is 16.6 Å². The van der Waals surface area contributed by atoms with Gasteiger partial charge in [-0.1, -0.05) is 15.9 Å². The maximum Gasteiger partial charge on any atom is 0.293 e. The average Bonchev–Trinajstić information content (AvgIpc) is 2.32. The standard InChI is InChI=1S/C11H15BrN2O3S/c1-18-7-9(4-5-15)13-10-3-2-8(12)6-11(10)14(16)17/h2-3,6,9,13,15H,4-5,7H2,1H3. The topological polar surface area (TPSA) is 75.4 Å². The Hall–Kier alpha value is -0.790. The minimum atomic E-state index is -0.414. The van der Waals surface area contributed by atoms with Crippen molar-refractivity contribution in [3.8, 4) is 0 Å². The van der Waals surface area contributed by atoms with Crippen LogP contribution < -0.4 is 5.32 Å². The van der Waals surface area contributed by atoms with Gasteiger partial charge in [0.1, 0.15) is 5.69 Å². The van der Waals surface area contributed by atoms with E-state index < -0.39 is 4.92 Å². The Labute approximate surface area is 118 Å². The third-order valence-electron chi connectivity index (χ3n) is 2.36. The van der Waals surface area contributed by atoms with E-state index in [0.717, 1.165) is 5.75 Å². The molecular formula is C11H15BrN2O3S. The van der Waals surface area contributed by atoms with Gasteiger partial charge in [-0.05, 0) is 24.8 Å². The lowest BCUT2D eigenvalue weighted by molar-refractivity contribution is -0.384. The number of aliphatic hydroxyl groups is 1. The van der Waals surface area contributed by atoms with Gasteiger partial charge in [-0.2, -0.15) is 11.8 Å². The van der Waals surface area contributed by atoms with Gasteiger partial charge in [0.25, 0.3) is 5.69 Å². The maximum atomic E-state index is 11.0. The first-order valence-electron chi connectivity index (χ1n) is 5.38. The molecule has 0 heterocycles. The van der Waals surface area contributed by atoms with Gasteiger partial charge in [0.05, 0.1) is 4.92 Å². The van der Waals surface area contributed by atoms with Crippen molar-refractivity contribution in [1.29, 1.82) is 0 Å². The van der Waals surface area contributed by atoms with Gasteiger partial charge in [0.15, 0.2) is 0 Å². The van der Waals surface area contributed by atoms with Crippen LogP contribution in [0.25, 0.3) is 0 Å². The van der Waals surface area contributed by atoms with E-state index in [-0.39, 0.29) is 18.3 Å². The van der Waals surface area contributed by atoms with Gasteiger partial charge in [-0.3, -0.25) is 10.1 Å². The summed E-state index contributed by atoms with van der Waals surface area (Å²) >= 11 is 4.85. The Morgan fingerprint density at radius 3 is 2.89 bits per heavy atom. The third-order valence-corrected chi connectivity index (χ3v) is 3.59. The molecular weight excluding hydrogens is 320 g/mol. The molecule has 0 fully saturated rings. The summed E-state index contributed by atoms with van der Waals surface area (Å²) in [7, 11) is 0. The number of nitrogens with zero attached hydrogens (tertiary/aromatic N) is 1. The molecule has 1 rings (SSSR count). The number of thioether (sulfide) groups is 1. The van der Waals surface area contributed by atoms with Crippen molar-refractivity contribution < 1.29 is 10.0 Å². The Morgan fingerprint density at radius 2 is 2.33 bits per heavy atom. The van der Waals surface area contributed by atoms with Crippen LogP contribution in [0.2, 0.25) is 0 Å². The SMILES string of the molecule is CSCC(CCO)Nc1ccc(Br)cc1[N+](=O)[O-]. The highest BCUT2D eigenvalue weighted by molar-refractivity contribution is 9.10. The predicted molar refractivity (Wildman–Crippen MR) is 78.3 cm³/mol. The second-order valence-electron chi connectivity index (χ2n) is 3.73. The number of nitrogens with one attached hydrogen (secondary N) is 1. The van der Waals surface area contributed by atoms with E-state index in [1.807, 2.05) is 6.26 Å². The van der Waals surface area contributed by atoms with Crippen molar-refractivity contribution in [3.63, 3.8) is 0 Å². The van der Waals surface area contributed by atoms with E-state index in [4.69, 9.17) is 5.11 Å². The Kier molecular flexibility index (Phi) is 6.45. The number of anilines is 1. The molecule has 0 spiro atoms. The maximum absolute atomic E-state index is 11.0. The third kappa shape index (κ3) is 4.47. The first kappa shape index (κ1) is 15.3. The molecule has 0 radical (unpaired) electrons. The summed E-state index contributed by atoms with van der Waals surface area (Å²) in [6.45, 7) is 0.0581. The fourth-order valence-corrected chi connectivity index (χ4v) is 2.55. The molecule has 18 heavy (non-hydrogen) atoms. The predicted octanol–water partition coefficient (Wildman–Crippen LogP) is 2.88. The van der Waals surface area contributed by atoms with Gasteiger partial charge >= 0.3 is 0 Å². The second-order valence-corrected chi connectivity index (χ2v) is 5.55. The summed E-state index contributed by atoms with van der Waals surface area (Å²) in [5.41, 5.74) is 0.518. The first-order chi connectivity index (χ1) is 8.58. The summed E-state index contributed by atoms with van der Waals surface area (Å²) in [6, 6.07) is 4.92. The molecule has 1 atom stereocenters. The molecule has 0 saturated heterocycles. The smallest absolute Gasteiger partial charge is 0.293 e. The first-order valence-corrected chi connectivity index (χ1v) is 7.57. The Bertz CT molecular complexity index is 411. The molecule has 2 N–H and O–H groups in total. The zero-order valence-corrected chi connectivity index (χ0v) is 12.3. The van der Waals surface area contributed by atoms with Crippen molar-refractivity contribution in [2.45, 2.75) is 12.5 Å². The summed E-state index contributed by atoms with van der Waals surface area (Å²) in [5.74, 6) is 0.785. The van der Waals surface area contributed by atoms with Gasteiger partial charge in [-0.15, -0.1) is 0 Å². The second kappa shape index (κ2) is 7.60. The van der Waals surface area contributed by atoms with Crippen LogP contribution in [-0.2, 0) is 0 Å². The van der Waals surface area contributed by atoms with Crippen LogP contribution in [0.4, 0.5) is 11.4 Å². The van der Waals surface area contributed by atoms with Gasteiger partial charge in [0, 0.05) is 28.9 Å². The highest BCUT2D eigenvalue weighted by Gasteiger charge is 2.17. The van der Waals surface area contributed by atoms with E-state index in [1.54, 1.807) is 23.9 Å². The number of nitro benzene ring substituents is 1. The lowest BCUT2D eigenvalue weighted by atomic mass is 10.2. The number of halogens is 1. The fourth-order valence-electron chi connectivity index (χ4n) is 1.55. The molecule has 0 bridgehead atoms. The zero-order valence-electron chi connectivity index (χ0n) is 9.93. The number of aliphatic hydroxyl groups excluding tert-OH is 1. The lowest BCUT2D eigenvalue weighted by Gasteiger charge is -2.18. The highest BCUT2D eigenvalue weighted by atomic mass is 79.9. The lowest BCUT2D eigenvalue weighted by Crippen LogP contribution is -2.24. The summed E-state index contributed by atoms with van der Waals surface area (Å²) < 4.78 is 0.670. The molecule has 1 aromatic rings. The summed E-state index contributed by atoms with van der Waals surface area (Å²) in [5, 5.41) is 23.0. The molecule has 0 aliphatic heterocycles. The molecule has 0 amide bonds. The van der Waals surface area contributed by atoms with Gasteiger partial charge in [-0.25, -0.2) is 0 Å². The minimum Gasteiger partial charge on any atom is -0.396 e. The number of rotatable bonds is 7. The minimum absolute atomic E-state index is 0.0184. The molecule has 7 heteroatoms. The number of nitro groups is 1. The summed E-state index contributed by atoms with van der Waals surface area (Å²) in [4.78, 5) is 10.5. The van der Waals surface area contributed by atoms with Crippen LogP contribution in [-0.4, -0.2) is 34.7 Å².